The molecule has 0 unspecified atom stereocenters. The van der Waals surface area contributed by atoms with Crippen LogP contribution in [0.3, 0.4) is 0 Å². The summed E-state index contributed by atoms with van der Waals surface area (Å²) >= 11 is 0. The van der Waals surface area contributed by atoms with Crippen LogP contribution in [0.2, 0.25) is 0 Å². The molecule has 0 aliphatic carbocycles. The Morgan fingerprint density at radius 1 is 1.32 bits per heavy atom. The Morgan fingerprint density at radius 2 is 1.95 bits per heavy atom. The van der Waals surface area contributed by atoms with Crippen LogP contribution in [-0.4, -0.2) is 13.1 Å². The predicted molar refractivity (Wildman–Crippen MR) is 77.0 cm³/mol. The van der Waals surface area contributed by atoms with Gasteiger partial charge >= 0.3 is 6.03 Å². The summed E-state index contributed by atoms with van der Waals surface area (Å²) in [5, 5.41) is 5.52. The SMILES string of the molecule is COc1ccc(CNC(=O)N/C=C(\C)C(C)C)cc1. The minimum atomic E-state index is -0.198. The van der Waals surface area contributed by atoms with E-state index in [4.69, 9.17) is 4.74 Å². The lowest BCUT2D eigenvalue weighted by molar-refractivity contribution is 0.243. The number of carbonyl (C=O) groups excluding carboxylic acids is 1. The van der Waals surface area contributed by atoms with Gasteiger partial charge in [-0.05, 0) is 30.5 Å². The van der Waals surface area contributed by atoms with E-state index in [9.17, 15) is 4.79 Å². The second-order valence-corrected chi connectivity index (χ2v) is 4.72. The number of amides is 2. The summed E-state index contributed by atoms with van der Waals surface area (Å²) in [7, 11) is 1.63. The number of benzene rings is 1. The average molecular weight is 262 g/mol. The van der Waals surface area contributed by atoms with Crippen molar-refractivity contribution in [3.63, 3.8) is 0 Å². The predicted octanol–water partition coefficient (Wildman–Crippen LogP) is 3.05. The molecule has 104 valence electrons. The van der Waals surface area contributed by atoms with Crippen molar-refractivity contribution in [2.45, 2.75) is 27.3 Å². The summed E-state index contributed by atoms with van der Waals surface area (Å²) in [4.78, 5) is 11.6. The molecule has 2 N–H and O–H groups in total. The van der Waals surface area contributed by atoms with Crippen molar-refractivity contribution in [3.05, 3.63) is 41.6 Å². The molecular formula is C15H22N2O2. The van der Waals surface area contributed by atoms with Crippen LogP contribution in [0.5, 0.6) is 5.75 Å². The van der Waals surface area contributed by atoms with Gasteiger partial charge in [-0.15, -0.1) is 0 Å². The van der Waals surface area contributed by atoms with Crippen molar-refractivity contribution in [1.82, 2.24) is 10.6 Å². The summed E-state index contributed by atoms with van der Waals surface area (Å²) in [5.41, 5.74) is 2.17. The zero-order chi connectivity index (χ0) is 14.3. The van der Waals surface area contributed by atoms with Gasteiger partial charge in [-0.2, -0.15) is 0 Å². The van der Waals surface area contributed by atoms with Crippen LogP contribution >= 0.6 is 0 Å². The molecule has 0 bridgehead atoms. The molecule has 19 heavy (non-hydrogen) atoms. The molecule has 0 fully saturated rings. The van der Waals surface area contributed by atoms with Gasteiger partial charge in [0.1, 0.15) is 5.75 Å². The molecule has 4 heteroatoms. The normalized spacial score (nSPS) is 11.3. The largest absolute Gasteiger partial charge is 0.497 e. The topological polar surface area (TPSA) is 50.4 Å². The summed E-state index contributed by atoms with van der Waals surface area (Å²) in [6.07, 6.45) is 1.74. The number of rotatable bonds is 5. The second kappa shape index (κ2) is 7.46. The van der Waals surface area contributed by atoms with Crippen LogP contribution in [-0.2, 0) is 6.54 Å². The van der Waals surface area contributed by atoms with E-state index in [1.807, 2.05) is 31.2 Å². The van der Waals surface area contributed by atoms with E-state index in [2.05, 4.69) is 24.5 Å². The lowest BCUT2D eigenvalue weighted by Crippen LogP contribution is -2.32. The smallest absolute Gasteiger partial charge is 0.319 e. The Morgan fingerprint density at radius 3 is 2.47 bits per heavy atom. The minimum absolute atomic E-state index is 0.198. The molecule has 0 aliphatic rings. The molecule has 0 aliphatic heterocycles. The fraction of sp³-hybridized carbons (Fsp3) is 0.400. The standard InChI is InChI=1S/C15H22N2O2/c1-11(2)12(3)9-16-15(18)17-10-13-5-7-14(19-4)8-6-13/h5-9,11H,10H2,1-4H3,(H2,16,17,18)/b12-9+. The lowest BCUT2D eigenvalue weighted by Gasteiger charge is -2.08. The van der Waals surface area contributed by atoms with Crippen molar-refractivity contribution in [2.75, 3.05) is 7.11 Å². The average Bonchev–Trinajstić information content (AvgIpc) is 2.42. The van der Waals surface area contributed by atoms with Crippen LogP contribution < -0.4 is 15.4 Å². The van der Waals surface area contributed by atoms with Crippen molar-refractivity contribution in [3.8, 4) is 5.75 Å². The van der Waals surface area contributed by atoms with E-state index >= 15 is 0 Å². The van der Waals surface area contributed by atoms with Gasteiger partial charge in [0.2, 0.25) is 0 Å². The molecule has 0 radical (unpaired) electrons. The van der Waals surface area contributed by atoms with Crippen LogP contribution in [0.15, 0.2) is 36.0 Å². The van der Waals surface area contributed by atoms with Crippen molar-refractivity contribution in [2.24, 2.45) is 5.92 Å². The first-order chi connectivity index (χ1) is 9.02. The number of hydrogen-bond donors (Lipinski definition) is 2. The minimum Gasteiger partial charge on any atom is -0.497 e. The molecule has 1 aromatic rings. The monoisotopic (exact) mass is 262 g/mol. The quantitative estimate of drug-likeness (QED) is 0.857. The molecule has 0 heterocycles. The first kappa shape index (κ1) is 15.1. The number of allylic oxidation sites excluding steroid dienone is 1. The van der Waals surface area contributed by atoms with E-state index in [0.29, 0.717) is 12.5 Å². The zero-order valence-electron chi connectivity index (χ0n) is 12.0. The Labute approximate surface area is 114 Å². The fourth-order valence-electron chi connectivity index (χ4n) is 1.32. The van der Waals surface area contributed by atoms with E-state index in [0.717, 1.165) is 16.9 Å². The van der Waals surface area contributed by atoms with Crippen molar-refractivity contribution >= 4 is 6.03 Å². The first-order valence-corrected chi connectivity index (χ1v) is 6.37. The number of hydrogen-bond acceptors (Lipinski definition) is 2. The highest BCUT2D eigenvalue weighted by atomic mass is 16.5. The molecule has 0 aromatic heterocycles. The van der Waals surface area contributed by atoms with Gasteiger partial charge in [-0.25, -0.2) is 4.79 Å². The van der Waals surface area contributed by atoms with E-state index in [1.54, 1.807) is 13.3 Å². The molecule has 4 nitrogen and oxygen atoms in total. The Kier molecular flexibility index (Phi) is 5.93. The van der Waals surface area contributed by atoms with Crippen LogP contribution in [0.25, 0.3) is 0 Å². The fourth-order valence-corrected chi connectivity index (χ4v) is 1.32. The number of methoxy groups -OCH3 is 1. The molecule has 2 amide bonds. The third-order valence-corrected chi connectivity index (χ3v) is 2.95. The third kappa shape index (κ3) is 5.46. The number of nitrogens with one attached hydrogen (secondary N) is 2. The lowest BCUT2D eigenvalue weighted by atomic mass is 10.1. The maximum atomic E-state index is 11.6. The molecule has 0 atom stereocenters. The van der Waals surface area contributed by atoms with Gasteiger partial charge in [0.15, 0.2) is 0 Å². The molecule has 1 rings (SSSR count). The number of urea groups is 1. The van der Waals surface area contributed by atoms with Gasteiger partial charge in [0.25, 0.3) is 0 Å². The number of carbonyl (C=O) groups is 1. The maximum Gasteiger partial charge on any atom is 0.319 e. The Balaban J connectivity index is 2.39. The zero-order valence-corrected chi connectivity index (χ0v) is 12.0. The Bertz CT molecular complexity index is 436. The highest BCUT2D eigenvalue weighted by molar-refractivity contribution is 5.74. The highest BCUT2D eigenvalue weighted by Crippen LogP contribution is 2.10. The summed E-state index contributed by atoms with van der Waals surface area (Å²) in [6.45, 7) is 6.66. The molecular weight excluding hydrogens is 240 g/mol. The van der Waals surface area contributed by atoms with Crippen LogP contribution in [0, 0.1) is 5.92 Å². The van der Waals surface area contributed by atoms with Crippen molar-refractivity contribution in [1.29, 1.82) is 0 Å². The van der Waals surface area contributed by atoms with E-state index < -0.39 is 0 Å². The van der Waals surface area contributed by atoms with Gasteiger partial charge < -0.3 is 15.4 Å². The molecule has 1 aromatic carbocycles. The third-order valence-electron chi connectivity index (χ3n) is 2.95. The number of ether oxygens (including phenoxy) is 1. The van der Waals surface area contributed by atoms with Gasteiger partial charge in [-0.3, -0.25) is 0 Å². The van der Waals surface area contributed by atoms with Crippen LogP contribution in [0.4, 0.5) is 4.79 Å². The van der Waals surface area contributed by atoms with E-state index in [1.165, 1.54) is 0 Å². The van der Waals surface area contributed by atoms with Gasteiger partial charge in [0, 0.05) is 12.7 Å². The molecule has 0 spiro atoms. The molecule has 0 saturated heterocycles. The Hall–Kier alpha value is -1.97. The summed E-state index contributed by atoms with van der Waals surface area (Å²) in [5.74, 6) is 1.24. The van der Waals surface area contributed by atoms with Gasteiger partial charge in [0.05, 0.1) is 7.11 Å². The summed E-state index contributed by atoms with van der Waals surface area (Å²) < 4.78 is 5.07. The van der Waals surface area contributed by atoms with Crippen molar-refractivity contribution < 1.29 is 9.53 Å². The van der Waals surface area contributed by atoms with Gasteiger partial charge in [-0.1, -0.05) is 31.6 Å². The van der Waals surface area contributed by atoms with E-state index in [-0.39, 0.29) is 6.03 Å². The summed E-state index contributed by atoms with van der Waals surface area (Å²) in [6, 6.07) is 7.40. The first-order valence-electron chi connectivity index (χ1n) is 6.37. The maximum absolute atomic E-state index is 11.6. The highest BCUT2D eigenvalue weighted by Gasteiger charge is 2.00. The van der Waals surface area contributed by atoms with Crippen LogP contribution in [0.1, 0.15) is 26.3 Å². The molecule has 0 saturated carbocycles. The second-order valence-electron chi connectivity index (χ2n) is 4.72.